The number of rotatable bonds is 2. The third-order valence-corrected chi connectivity index (χ3v) is 8.28. The second kappa shape index (κ2) is 4.21. The topological polar surface area (TPSA) is 35.5 Å². The number of benzene rings is 1. The van der Waals surface area contributed by atoms with Crippen molar-refractivity contribution < 1.29 is 14.0 Å². The molecule has 0 saturated heterocycles. The van der Waals surface area contributed by atoms with Crippen molar-refractivity contribution in [2.45, 2.75) is 45.0 Å². The Morgan fingerprint density at radius 1 is 1.22 bits per heavy atom. The van der Waals surface area contributed by atoms with Crippen LogP contribution < -0.4 is 4.74 Å². The minimum atomic E-state index is -1.98. The molecule has 0 N–H and O–H groups in total. The van der Waals surface area contributed by atoms with E-state index in [0.717, 1.165) is 5.56 Å². The quantitative estimate of drug-likeness (QED) is 0.464. The normalized spacial score (nSPS) is 19.6. The Morgan fingerprint density at radius 2 is 1.83 bits per heavy atom. The first kappa shape index (κ1) is 13.3. The number of carbonyl (C=O) groups is 1. The van der Waals surface area contributed by atoms with Gasteiger partial charge in [0.25, 0.3) is 0 Å². The van der Waals surface area contributed by atoms with E-state index in [9.17, 15) is 4.79 Å². The molecule has 3 nitrogen and oxygen atoms in total. The van der Waals surface area contributed by atoms with Crippen LogP contribution in [-0.2, 0) is 9.22 Å². The van der Waals surface area contributed by atoms with Gasteiger partial charge < -0.3 is 9.16 Å². The standard InChI is InChI=1S/C14H20O3Si/c1-14(2,3)18(4,5)17-12-10-8-6-7-9-11(10)16-13(12)15/h6-9,12H,1-5H3. The highest BCUT2D eigenvalue weighted by Gasteiger charge is 2.44. The maximum absolute atomic E-state index is 11.9. The first-order valence-electron chi connectivity index (χ1n) is 6.21. The zero-order valence-electron chi connectivity index (χ0n) is 11.6. The molecule has 1 aromatic rings. The molecule has 4 heteroatoms. The van der Waals surface area contributed by atoms with Crippen molar-refractivity contribution >= 4 is 14.3 Å². The summed E-state index contributed by atoms with van der Waals surface area (Å²) in [6, 6.07) is 7.48. The van der Waals surface area contributed by atoms with Gasteiger partial charge in [0.05, 0.1) is 0 Å². The fourth-order valence-corrected chi connectivity index (χ4v) is 2.83. The number of para-hydroxylation sites is 1. The van der Waals surface area contributed by atoms with Crippen molar-refractivity contribution in [3.8, 4) is 5.75 Å². The molecule has 18 heavy (non-hydrogen) atoms. The van der Waals surface area contributed by atoms with Crippen molar-refractivity contribution in [2.75, 3.05) is 0 Å². The maximum Gasteiger partial charge on any atom is 0.344 e. The third kappa shape index (κ3) is 2.22. The highest BCUT2D eigenvalue weighted by Crippen LogP contribution is 2.43. The Bertz CT molecular complexity index is 474. The average molecular weight is 264 g/mol. The SMILES string of the molecule is CC(C)(C)[Si](C)(C)OC1C(=O)Oc2ccccc21. The summed E-state index contributed by atoms with van der Waals surface area (Å²) in [6.45, 7) is 10.8. The molecule has 1 aromatic carbocycles. The minimum absolute atomic E-state index is 0.0742. The number of hydrogen-bond donors (Lipinski definition) is 0. The van der Waals surface area contributed by atoms with E-state index in [-0.39, 0.29) is 11.0 Å². The number of fused-ring (bicyclic) bond motifs is 1. The highest BCUT2D eigenvalue weighted by atomic mass is 28.4. The van der Waals surface area contributed by atoms with Crippen LogP contribution >= 0.6 is 0 Å². The van der Waals surface area contributed by atoms with Crippen molar-refractivity contribution in [1.82, 2.24) is 0 Å². The lowest BCUT2D eigenvalue weighted by Gasteiger charge is -2.37. The molecule has 0 amide bonds. The smallest absolute Gasteiger partial charge is 0.344 e. The van der Waals surface area contributed by atoms with Gasteiger partial charge in [-0.2, -0.15) is 0 Å². The number of hydrogen-bond acceptors (Lipinski definition) is 3. The monoisotopic (exact) mass is 264 g/mol. The molecule has 1 atom stereocenters. The van der Waals surface area contributed by atoms with E-state index in [1.165, 1.54) is 0 Å². The largest absolute Gasteiger partial charge is 0.424 e. The summed E-state index contributed by atoms with van der Waals surface area (Å²) in [5.41, 5.74) is 0.854. The van der Waals surface area contributed by atoms with Gasteiger partial charge in [0.2, 0.25) is 0 Å². The van der Waals surface area contributed by atoms with Crippen LogP contribution in [0.25, 0.3) is 0 Å². The van der Waals surface area contributed by atoms with Crippen molar-refractivity contribution in [2.24, 2.45) is 0 Å². The Morgan fingerprint density at radius 3 is 2.44 bits per heavy atom. The van der Waals surface area contributed by atoms with Gasteiger partial charge in [-0.25, -0.2) is 4.79 Å². The van der Waals surface area contributed by atoms with E-state index in [1.807, 2.05) is 24.3 Å². The first-order valence-corrected chi connectivity index (χ1v) is 9.12. The molecule has 0 aliphatic carbocycles. The maximum atomic E-state index is 11.9. The molecule has 1 heterocycles. The number of ether oxygens (including phenoxy) is 1. The number of carbonyl (C=O) groups excluding carboxylic acids is 1. The molecule has 0 bridgehead atoms. The summed E-state index contributed by atoms with van der Waals surface area (Å²) in [7, 11) is -1.98. The van der Waals surface area contributed by atoms with Crippen LogP contribution in [0, 0.1) is 0 Å². The summed E-state index contributed by atoms with van der Waals surface area (Å²) in [5, 5.41) is 0.0742. The summed E-state index contributed by atoms with van der Waals surface area (Å²) in [4.78, 5) is 11.9. The number of esters is 1. The molecule has 0 aromatic heterocycles. The van der Waals surface area contributed by atoms with E-state index < -0.39 is 14.4 Å². The summed E-state index contributed by atoms with van der Waals surface area (Å²) < 4.78 is 11.4. The molecule has 1 aliphatic heterocycles. The van der Waals surface area contributed by atoms with Gasteiger partial charge in [0.15, 0.2) is 14.4 Å². The Kier molecular flexibility index (Phi) is 3.11. The second-order valence-electron chi connectivity index (χ2n) is 6.22. The Balaban J connectivity index is 2.28. The van der Waals surface area contributed by atoms with Gasteiger partial charge >= 0.3 is 5.97 Å². The summed E-state index contributed by atoms with van der Waals surface area (Å²) in [5.74, 6) is 0.340. The molecular formula is C14H20O3Si. The van der Waals surface area contributed by atoms with Crippen LogP contribution in [0.5, 0.6) is 5.75 Å². The van der Waals surface area contributed by atoms with Crippen molar-refractivity contribution in [3.63, 3.8) is 0 Å². The average Bonchev–Trinajstić information content (AvgIpc) is 2.54. The Labute approximate surface area is 109 Å². The minimum Gasteiger partial charge on any atom is -0.424 e. The van der Waals surface area contributed by atoms with E-state index in [2.05, 4.69) is 33.9 Å². The second-order valence-corrected chi connectivity index (χ2v) is 11.0. The van der Waals surface area contributed by atoms with Crippen LogP contribution in [-0.4, -0.2) is 14.3 Å². The van der Waals surface area contributed by atoms with Crippen molar-refractivity contribution in [1.29, 1.82) is 0 Å². The zero-order chi connectivity index (χ0) is 13.6. The van der Waals surface area contributed by atoms with Gasteiger partial charge in [-0.15, -0.1) is 0 Å². The van der Waals surface area contributed by atoms with E-state index in [0.29, 0.717) is 5.75 Å². The molecule has 0 spiro atoms. The lowest BCUT2D eigenvalue weighted by atomic mass is 10.1. The Hall–Kier alpha value is -1.13. The van der Waals surface area contributed by atoms with Crippen LogP contribution in [0.2, 0.25) is 18.1 Å². The van der Waals surface area contributed by atoms with Gasteiger partial charge in [0, 0.05) is 5.56 Å². The molecule has 0 fully saturated rings. The zero-order valence-corrected chi connectivity index (χ0v) is 12.6. The molecule has 2 rings (SSSR count). The predicted molar refractivity (Wildman–Crippen MR) is 73.1 cm³/mol. The van der Waals surface area contributed by atoms with Crippen molar-refractivity contribution in [3.05, 3.63) is 29.8 Å². The molecule has 98 valence electrons. The molecular weight excluding hydrogens is 244 g/mol. The fraction of sp³-hybridized carbons (Fsp3) is 0.500. The molecule has 1 aliphatic rings. The fourth-order valence-electron chi connectivity index (χ4n) is 1.66. The van der Waals surface area contributed by atoms with E-state index in [4.69, 9.17) is 9.16 Å². The summed E-state index contributed by atoms with van der Waals surface area (Å²) >= 11 is 0. The van der Waals surface area contributed by atoms with Gasteiger partial charge in [-0.3, -0.25) is 0 Å². The summed E-state index contributed by atoms with van der Waals surface area (Å²) in [6.07, 6.45) is -0.554. The van der Waals surface area contributed by atoms with Gasteiger partial charge in [-0.1, -0.05) is 39.0 Å². The lowest BCUT2D eigenvalue weighted by molar-refractivity contribution is -0.140. The first-order chi connectivity index (χ1) is 8.22. The molecule has 0 saturated carbocycles. The third-order valence-electron chi connectivity index (χ3n) is 3.84. The highest BCUT2D eigenvalue weighted by molar-refractivity contribution is 6.74. The molecule has 0 radical (unpaired) electrons. The van der Waals surface area contributed by atoms with Crippen LogP contribution in [0.4, 0.5) is 0 Å². The van der Waals surface area contributed by atoms with Gasteiger partial charge in [-0.05, 0) is 24.2 Å². The molecule has 1 unspecified atom stereocenters. The van der Waals surface area contributed by atoms with Crippen LogP contribution in [0.3, 0.4) is 0 Å². The lowest BCUT2D eigenvalue weighted by Crippen LogP contribution is -2.42. The van der Waals surface area contributed by atoms with Crippen LogP contribution in [0.15, 0.2) is 24.3 Å². The predicted octanol–water partition coefficient (Wildman–Crippen LogP) is 3.67. The van der Waals surface area contributed by atoms with E-state index >= 15 is 0 Å². The van der Waals surface area contributed by atoms with Gasteiger partial charge in [0.1, 0.15) is 5.75 Å². The van der Waals surface area contributed by atoms with Crippen LogP contribution in [0.1, 0.15) is 32.4 Å². The van der Waals surface area contributed by atoms with E-state index in [1.54, 1.807) is 0 Å².